The van der Waals surface area contributed by atoms with Gasteiger partial charge in [0.15, 0.2) is 0 Å². The van der Waals surface area contributed by atoms with Gasteiger partial charge in [-0.05, 0) is 19.8 Å². The number of ether oxygens (including phenoxy) is 1. The topological polar surface area (TPSA) is 96.8 Å². The van der Waals surface area contributed by atoms with Gasteiger partial charge in [0.25, 0.3) is 10.2 Å². The van der Waals surface area contributed by atoms with E-state index in [9.17, 15) is 13.2 Å². The Balaban J connectivity index is 1.74. The second-order valence-corrected chi connectivity index (χ2v) is 7.79. The maximum Gasteiger partial charge on any atom is 0.280 e. The Hall–Kier alpha value is -1.49. The summed E-state index contributed by atoms with van der Waals surface area (Å²) in [5.41, 5.74) is 0.816. The first kappa shape index (κ1) is 17.3. The zero-order chi connectivity index (χ0) is 17.3. The monoisotopic (exact) mass is 357 g/mol. The van der Waals surface area contributed by atoms with E-state index in [1.54, 1.807) is 16.6 Å². The number of amides is 1. The Labute approximate surface area is 141 Å². The fourth-order valence-corrected chi connectivity index (χ4v) is 4.46. The highest BCUT2D eigenvalue weighted by atomic mass is 32.2. The molecule has 0 bridgehead atoms. The Bertz CT molecular complexity index is 711. The largest absolute Gasteiger partial charge is 0.379 e. The highest BCUT2D eigenvalue weighted by molar-refractivity contribution is 7.87. The Kier molecular flexibility index (Phi) is 4.90. The van der Waals surface area contributed by atoms with Crippen LogP contribution in [-0.4, -0.2) is 67.3 Å². The number of carbonyl (C=O) groups is 1. The molecule has 0 radical (unpaired) electrons. The van der Waals surface area contributed by atoms with Gasteiger partial charge < -0.3 is 4.74 Å². The van der Waals surface area contributed by atoms with Crippen molar-refractivity contribution in [3.05, 3.63) is 11.8 Å². The van der Waals surface area contributed by atoms with Crippen LogP contribution >= 0.6 is 0 Å². The third-order valence-corrected chi connectivity index (χ3v) is 5.92. The van der Waals surface area contributed by atoms with Gasteiger partial charge in [0.05, 0.1) is 18.9 Å². The molecule has 0 spiro atoms. The number of nitrogens with zero attached hydrogens (tertiary/aromatic N) is 4. The summed E-state index contributed by atoms with van der Waals surface area (Å²) < 4.78 is 35.7. The number of carbonyl (C=O) groups excluding carboxylic acids is 1. The number of morpholine rings is 1. The van der Waals surface area contributed by atoms with Crippen molar-refractivity contribution in [2.75, 3.05) is 37.7 Å². The van der Waals surface area contributed by atoms with Gasteiger partial charge in [-0.15, -0.1) is 0 Å². The number of rotatable bonds is 4. The molecule has 0 unspecified atom stereocenters. The minimum atomic E-state index is -3.69. The third-order valence-electron chi connectivity index (χ3n) is 4.29. The van der Waals surface area contributed by atoms with Gasteiger partial charge in [-0.1, -0.05) is 0 Å². The average Bonchev–Trinajstić information content (AvgIpc) is 2.88. The minimum absolute atomic E-state index is 0.235. The van der Waals surface area contributed by atoms with Crippen molar-refractivity contribution in [1.29, 1.82) is 0 Å². The molecule has 10 heteroatoms. The third kappa shape index (κ3) is 3.46. The first-order valence-corrected chi connectivity index (χ1v) is 9.49. The van der Waals surface area contributed by atoms with Crippen molar-refractivity contribution in [2.24, 2.45) is 7.05 Å². The van der Waals surface area contributed by atoms with Crippen molar-refractivity contribution in [2.45, 2.75) is 25.8 Å². The van der Waals surface area contributed by atoms with Crippen LogP contribution in [0.25, 0.3) is 0 Å². The van der Waals surface area contributed by atoms with Crippen molar-refractivity contribution in [3.8, 4) is 0 Å². The van der Waals surface area contributed by atoms with Crippen molar-refractivity contribution >= 4 is 21.9 Å². The molecule has 0 saturated carbocycles. The zero-order valence-electron chi connectivity index (χ0n) is 13.9. The molecular weight excluding hydrogens is 334 g/mol. The molecule has 0 aromatic carbocycles. The Morgan fingerprint density at radius 3 is 2.62 bits per heavy atom. The maximum atomic E-state index is 12.8. The van der Waals surface area contributed by atoms with Gasteiger partial charge in [-0.2, -0.15) is 22.5 Å². The maximum absolute atomic E-state index is 12.8. The van der Waals surface area contributed by atoms with Gasteiger partial charge in [0, 0.05) is 32.7 Å². The molecule has 1 aromatic heterocycles. The lowest BCUT2D eigenvalue weighted by molar-refractivity contribution is -0.121. The summed E-state index contributed by atoms with van der Waals surface area (Å²) in [6.07, 6.45) is 1.22. The summed E-state index contributed by atoms with van der Waals surface area (Å²) in [6.45, 7) is 3.78. The van der Waals surface area contributed by atoms with E-state index in [0.29, 0.717) is 45.1 Å². The summed E-state index contributed by atoms with van der Waals surface area (Å²) in [5.74, 6) is 0.453. The predicted octanol–water partition coefficient (Wildman–Crippen LogP) is -0.609. The lowest BCUT2D eigenvalue weighted by atomic mass is 10.1. The summed E-state index contributed by atoms with van der Waals surface area (Å²) in [6, 6.07) is 1.08. The minimum Gasteiger partial charge on any atom is -0.379 e. The van der Waals surface area contributed by atoms with Crippen LogP contribution in [0.2, 0.25) is 0 Å². The number of aromatic nitrogens is 2. The Morgan fingerprint density at radius 2 is 2.00 bits per heavy atom. The van der Waals surface area contributed by atoms with E-state index in [2.05, 4.69) is 9.82 Å². The second-order valence-electron chi connectivity index (χ2n) is 6.09. The van der Waals surface area contributed by atoms with E-state index in [-0.39, 0.29) is 5.91 Å². The predicted molar refractivity (Wildman–Crippen MR) is 87.8 cm³/mol. The summed E-state index contributed by atoms with van der Waals surface area (Å²) in [5, 5.41) is 4.26. The van der Waals surface area contributed by atoms with Crippen LogP contribution in [-0.2, 0) is 26.8 Å². The van der Waals surface area contributed by atoms with Crippen LogP contribution in [0.15, 0.2) is 6.07 Å². The molecule has 2 aliphatic heterocycles. The fourth-order valence-electron chi connectivity index (χ4n) is 3.10. The smallest absolute Gasteiger partial charge is 0.280 e. The molecular formula is C14H23N5O4S. The molecule has 1 aromatic rings. The van der Waals surface area contributed by atoms with Crippen LogP contribution in [0.3, 0.4) is 0 Å². The molecule has 2 aliphatic rings. The highest BCUT2D eigenvalue weighted by Crippen LogP contribution is 2.22. The van der Waals surface area contributed by atoms with Gasteiger partial charge in [-0.25, -0.2) is 0 Å². The van der Waals surface area contributed by atoms with E-state index in [0.717, 1.165) is 12.1 Å². The molecule has 134 valence electrons. The molecule has 3 rings (SSSR count). The quantitative estimate of drug-likeness (QED) is 0.775. The van der Waals surface area contributed by atoms with Crippen LogP contribution in [0.1, 0.15) is 18.5 Å². The second kappa shape index (κ2) is 6.79. The molecule has 0 aliphatic carbocycles. The van der Waals surface area contributed by atoms with E-state index in [1.807, 2.05) is 13.0 Å². The normalized spacial score (nSPS) is 23.7. The average molecular weight is 357 g/mol. The molecule has 3 heterocycles. The number of nitrogens with one attached hydrogen (secondary N) is 1. The van der Waals surface area contributed by atoms with Crippen LogP contribution in [0, 0.1) is 6.92 Å². The van der Waals surface area contributed by atoms with Gasteiger partial charge in [0.2, 0.25) is 5.91 Å². The lowest BCUT2D eigenvalue weighted by Gasteiger charge is -2.34. The number of hydrogen-bond acceptors (Lipinski definition) is 5. The lowest BCUT2D eigenvalue weighted by Crippen LogP contribution is -2.56. The van der Waals surface area contributed by atoms with Gasteiger partial charge in [0.1, 0.15) is 11.9 Å². The Morgan fingerprint density at radius 1 is 1.29 bits per heavy atom. The van der Waals surface area contributed by atoms with Gasteiger partial charge in [-0.3, -0.25) is 14.4 Å². The number of piperidine rings is 1. The molecule has 24 heavy (non-hydrogen) atoms. The van der Waals surface area contributed by atoms with Crippen LogP contribution in [0.5, 0.6) is 0 Å². The SMILES string of the molecule is Cc1cc(N2CCC[C@@H](NS(=O)(=O)N3CCOCC3)C2=O)n(C)n1. The van der Waals surface area contributed by atoms with E-state index in [4.69, 9.17) is 4.74 Å². The highest BCUT2D eigenvalue weighted by Gasteiger charge is 2.36. The molecule has 2 fully saturated rings. The number of aryl methyl sites for hydroxylation is 2. The summed E-state index contributed by atoms with van der Waals surface area (Å²) in [7, 11) is -1.92. The van der Waals surface area contributed by atoms with Crippen molar-refractivity contribution in [3.63, 3.8) is 0 Å². The van der Waals surface area contributed by atoms with E-state index < -0.39 is 16.3 Å². The summed E-state index contributed by atoms with van der Waals surface area (Å²) >= 11 is 0. The van der Waals surface area contributed by atoms with Crippen LogP contribution < -0.4 is 9.62 Å². The zero-order valence-corrected chi connectivity index (χ0v) is 14.8. The van der Waals surface area contributed by atoms with Crippen molar-refractivity contribution < 1.29 is 17.9 Å². The van der Waals surface area contributed by atoms with E-state index >= 15 is 0 Å². The molecule has 9 nitrogen and oxygen atoms in total. The van der Waals surface area contributed by atoms with Gasteiger partial charge >= 0.3 is 0 Å². The first-order chi connectivity index (χ1) is 11.4. The first-order valence-electron chi connectivity index (χ1n) is 8.05. The molecule has 1 N–H and O–H groups in total. The summed E-state index contributed by atoms with van der Waals surface area (Å²) in [4.78, 5) is 14.4. The fraction of sp³-hybridized carbons (Fsp3) is 0.714. The van der Waals surface area contributed by atoms with Crippen LogP contribution in [0.4, 0.5) is 5.82 Å². The number of hydrogen-bond donors (Lipinski definition) is 1. The molecule has 2 saturated heterocycles. The van der Waals surface area contributed by atoms with E-state index in [1.165, 1.54) is 4.31 Å². The molecule has 1 amide bonds. The number of anilines is 1. The standard InChI is InChI=1S/C14H23N5O4S/c1-11-10-13(17(2)15-11)19-5-3-4-12(14(19)20)16-24(21,22)18-6-8-23-9-7-18/h10,12,16H,3-9H2,1-2H3/t12-/m1/s1. The molecule has 1 atom stereocenters. The van der Waals surface area contributed by atoms with Crippen molar-refractivity contribution in [1.82, 2.24) is 18.8 Å².